The Bertz CT molecular complexity index is 978. The molecule has 1 fully saturated rings. The molecule has 4 atom stereocenters. The van der Waals surface area contributed by atoms with Gasteiger partial charge in [0.05, 0.1) is 26.7 Å². The van der Waals surface area contributed by atoms with Crippen LogP contribution in [0, 0.1) is 18.8 Å². The van der Waals surface area contributed by atoms with E-state index in [1.807, 2.05) is 31.2 Å². The number of carbonyl (C=O) groups excluding carboxylic acids is 1. The molecular formula is C22H23NO6. The molecule has 2 N–H and O–H groups in total. The van der Waals surface area contributed by atoms with E-state index < -0.39 is 0 Å². The summed E-state index contributed by atoms with van der Waals surface area (Å²) in [4.78, 5) is 12.8. The number of fused-ring (bicyclic) bond motifs is 3. The van der Waals surface area contributed by atoms with Gasteiger partial charge in [-0.3, -0.25) is 4.79 Å². The third-order valence-electron chi connectivity index (χ3n) is 6.38. The van der Waals surface area contributed by atoms with Gasteiger partial charge >= 0.3 is 5.97 Å². The minimum atomic E-state index is -0.380. The van der Waals surface area contributed by atoms with Crippen LogP contribution in [0.4, 0.5) is 0 Å². The fourth-order valence-corrected chi connectivity index (χ4v) is 4.89. The van der Waals surface area contributed by atoms with Gasteiger partial charge in [-0.05, 0) is 47.9 Å². The van der Waals surface area contributed by atoms with Gasteiger partial charge in [0.25, 0.3) is 0 Å². The van der Waals surface area contributed by atoms with E-state index in [2.05, 4.69) is 0 Å². The van der Waals surface area contributed by atoms with Crippen molar-refractivity contribution < 1.29 is 28.5 Å². The van der Waals surface area contributed by atoms with Gasteiger partial charge in [0.15, 0.2) is 11.5 Å². The summed E-state index contributed by atoms with van der Waals surface area (Å²) in [5.74, 6) is 1.80. The highest BCUT2D eigenvalue weighted by atomic mass is 16.7. The van der Waals surface area contributed by atoms with Crippen molar-refractivity contribution in [3.05, 3.63) is 46.5 Å². The van der Waals surface area contributed by atoms with E-state index in [0.29, 0.717) is 29.6 Å². The quantitative estimate of drug-likeness (QED) is 0.797. The molecule has 0 spiro atoms. The number of hydrogen-bond acceptors (Lipinski definition) is 7. The minimum absolute atomic E-state index is 0.112. The Balaban J connectivity index is 1.75. The molecule has 7 nitrogen and oxygen atoms in total. The summed E-state index contributed by atoms with van der Waals surface area (Å²) in [6.07, 6.45) is 0. The Morgan fingerprint density at radius 1 is 0.966 bits per heavy atom. The fraction of sp³-hybridized carbons (Fsp3) is 0.409. The molecule has 0 bridgehead atoms. The first-order valence-corrected chi connectivity index (χ1v) is 9.61. The Morgan fingerprint density at radius 2 is 1.59 bits per heavy atom. The van der Waals surface area contributed by atoms with Gasteiger partial charge in [-0.25, -0.2) is 0 Å². The fourth-order valence-electron chi connectivity index (χ4n) is 4.89. The number of methoxy groups -OCH3 is 2. The van der Waals surface area contributed by atoms with Crippen molar-refractivity contribution in [2.24, 2.45) is 17.6 Å². The predicted molar refractivity (Wildman–Crippen MR) is 104 cm³/mol. The van der Waals surface area contributed by atoms with E-state index in [9.17, 15) is 4.79 Å². The van der Waals surface area contributed by atoms with Crippen molar-refractivity contribution in [1.82, 2.24) is 0 Å². The van der Waals surface area contributed by atoms with Crippen LogP contribution in [0.5, 0.6) is 23.0 Å². The molecule has 5 rings (SSSR count). The van der Waals surface area contributed by atoms with Crippen LogP contribution in [-0.4, -0.2) is 33.6 Å². The number of cyclic esters (lactones) is 1. The first kappa shape index (κ1) is 18.1. The normalized spacial score (nSPS) is 26.6. The number of carbonyl (C=O) groups is 1. The van der Waals surface area contributed by atoms with Crippen LogP contribution >= 0.6 is 0 Å². The maximum absolute atomic E-state index is 12.8. The third-order valence-corrected chi connectivity index (χ3v) is 6.38. The van der Waals surface area contributed by atoms with E-state index in [0.717, 1.165) is 22.3 Å². The number of nitrogens with two attached hydrogens (primary N) is 1. The standard InChI is InChI=1S/C22H23NO6/c1-10-15(25-2)4-11(5-16(10)26-3)19-12-6-17-18(29-9-28-17)7-13(12)21(23)14-8-27-22(24)20(14)19/h4-7,14,19-21H,8-9,23H2,1-3H3. The van der Waals surface area contributed by atoms with Crippen molar-refractivity contribution >= 4 is 5.97 Å². The number of benzene rings is 2. The van der Waals surface area contributed by atoms with Crippen molar-refractivity contribution in [1.29, 1.82) is 0 Å². The highest BCUT2D eigenvalue weighted by Crippen LogP contribution is 2.54. The van der Waals surface area contributed by atoms with Gasteiger partial charge in [0, 0.05) is 23.4 Å². The second kappa shape index (κ2) is 6.56. The number of ether oxygens (including phenoxy) is 5. The summed E-state index contributed by atoms with van der Waals surface area (Å²) >= 11 is 0. The van der Waals surface area contributed by atoms with Crippen molar-refractivity contribution in [3.63, 3.8) is 0 Å². The molecule has 0 radical (unpaired) electrons. The smallest absolute Gasteiger partial charge is 0.310 e. The molecular weight excluding hydrogens is 374 g/mol. The van der Waals surface area contributed by atoms with Gasteiger partial charge in [0.1, 0.15) is 11.5 Å². The van der Waals surface area contributed by atoms with Crippen LogP contribution in [0.15, 0.2) is 24.3 Å². The Kier molecular flexibility index (Phi) is 4.10. The molecule has 1 saturated heterocycles. The average Bonchev–Trinajstić information content (AvgIpc) is 3.34. The molecule has 0 saturated carbocycles. The molecule has 152 valence electrons. The molecule has 2 aromatic rings. The van der Waals surface area contributed by atoms with Gasteiger partial charge < -0.3 is 29.4 Å². The first-order valence-electron chi connectivity index (χ1n) is 9.61. The Morgan fingerprint density at radius 3 is 2.21 bits per heavy atom. The molecule has 7 heteroatoms. The molecule has 2 heterocycles. The maximum atomic E-state index is 12.8. The summed E-state index contributed by atoms with van der Waals surface area (Å²) < 4.78 is 27.8. The monoisotopic (exact) mass is 397 g/mol. The number of hydrogen-bond donors (Lipinski definition) is 1. The minimum Gasteiger partial charge on any atom is -0.496 e. The van der Waals surface area contributed by atoms with Crippen LogP contribution in [0.25, 0.3) is 0 Å². The number of rotatable bonds is 3. The van der Waals surface area contributed by atoms with Gasteiger partial charge in [-0.1, -0.05) is 0 Å². The predicted octanol–water partition coefficient (Wildman–Crippen LogP) is 2.68. The highest BCUT2D eigenvalue weighted by molar-refractivity contribution is 5.79. The van der Waals surface area contributed by atoms with E-state index in [1.54, 1.807) is 14.2 Å². The van der Waals surface area contributed by atoms with Crippen LogP contribution in [0.3, 0.4) is 0 Å². The van der Waals surface area contributed by atoms with Gasteiger partial charge in [-0.2, -0.15) is 0 Å². The SMILES string of the molecule is COc1cc(C2c3cc4c(cc3C(N)C3COC(=O)C23)OCO4)cc(OC)c1C. The lowest BCUT2D eigenvalue weighted by atomic mass is 9.65. The van der Waals surface area contributed by atoms with E-state index in [-0.39, 0.29) is 36.6 Å². The molecule has 2 aliphatic heterocycles. The van der Waals surface area contributed by atoms with E-state index >= 15 is 0 Å². The summed E-state index contributed by atoms with van der Waals surface area (Å²) in [7, 11) is 3.25. The summed E-state index contributed by atoms with van der Waals surface area (Å²) in [5.41, 5.74) is 10.3. The molecule has 1 aliphatic carbocycles. The molecule has 4 unspecified atom stereocenters. The maximum Gasteiger partial charge on any atom is 0.310 e. The lowest BCUT2D eigenvalue weighted by Gasteiger charge is -2.37. The Labute approximate surface area is 168 Å². The van der Waals surface area contributed by atoms with Gasteiger partial charge in [0.2, 0.25) is 6.79 Å². The second-order valence-electron chi connectivity index (χ2n) is 7.71. The van der Waals surface area contributed by atoms with Crippen molar-refractivity contribution in [2.75, 3.05) is 27.6 Å². The van der Waals surface area contributed by atoms with Crippen LogP contribution in [0.1, 0.15) is 34.2 Å². The summed E-state index contributed by atoms with van der Waals surface area (Å²) in [5, 5.41) is 0. The third kappa shape index (κ3) is 2.57. The average molecular weight is 397 g/mol. The van der Waals surface area contributed by atoms with Crippen molar-refractivity contribution in [3.8, 4) is 23.0 Å². The molecule has 0 aromatic heterocycles. The summed E-state index contributed by atoms with van der Waals surface area (Å²) in [6.45, 7) is 2.44. The molecule has 3 aliphatic rings. The molecule has 2 aromatic carbocycles. The zero-order valence-electron chi connectivity index (χ0n) is 16.6. The molecule has 29 heavy (non-hydrogen) atoms. The van der Waals surface area contributed by atoms with Crippen LogP contribution in [0.2, 0.25) is 0 Å². The number of esters is 1. The van der Waals surface area contributed by atoms with E-state index in [4.69, 9.17) is 29.4 Å². The zero-order chi connectivity index (χ0) is 20.3. The lowest BCUT2D eigenvalue weighted by molar-refractivity contribution is -0.141. The van der Waals surface area contributed by atoms with Crippen LogP contribution in [-0.2, 0) is 9.53 Å². The van der Waals surface area contributed by atoms with Crippen molar-refractivity contribution in [2.45, 2.75) is 18.9 Å². The summed E-state index contributed by atoms with van der Waals surface area (Å²) in [6, 6.07) is 7.51. The molecule has 0 amide bonds. The second-order valence-corrected chi connectivity index (χ2v) is 7.71. The first-order chi connectivity index (χ1) is 14.0. The highest BCUT2D eigenvalue weighted by Gasteiger charge is 2.51. The topological polar surface area (TPSA) is 89.2 Å². The largest absolute Gasteiger partial charge is 0.496 e. The van der Waals surface area contributed by atoms with Crippen LogP contribution < -0.4 is 24.7 Å². The van der Waals surface area contributed by atoms with E-state index in [1.165, 1.54) is 0 Å². The zero-order valence-corrected chi connectivity index (χ0v) is 16.6. The van der Waals surface area contributed by atoms with Gasteiger partial charge in [-0.15, -0.1) is 0 Å². The lowest BCUT2D eigenvalue weighted by Crippen LogP contribution is -2.38. The Hall–Kier alpha value is -2.93.